The number of hydrogen-bond donors (Lipinski definition) is 0. The Bertz CT molecular complexity index is 3540. The van der Waals surface area contributed by atoms with Crippen molar-refractivity contribution in [1.29, 1.82) is 0 Å². The van der Waals surface area contributed by atoms with Crippen LogP contribution in [0.2, 0.25) is 0 Å². The zero-order valence-corrected chi connectivity index (χ0v) is 31.7. The van der Waals surface area contributed by atoms with E-state index in [2.05, 4.69) is 188 Å². The fourth-order valence-corrected chi connectivity index (χ4v) is 10.2. The molecule has 0 fully saturated rings. The lowest BCUT2D eigenvalue weighted by Crippen LogP contribution is -2.00. The van der Waals surface area contributed by atoms with E-state index in [1.165, 1.54) is 69.2 Å². The second-order valence-corrected chi connectivity index (χ2v) is 16.0. The summed E-state index contributed by atoms with van der Waals surface area (Å²) in [5.74, 6) is 0. The fourth-order valence-electron chi connectivity index (χ4n) is 9.05. The lowest BCUT2D eigenvalue weighted by Gasteiger charge is -2.12. The molecule has 0 saturated carbocycles. The lowest BCUT2D eigenvalue weighted by atomic mass is 9.92. The molecule has 2 aromatic heterocycles. The molecule has 2 nitrogen and oxygen atoms in total. The molecule has 0 bridgehead atoms. The van der Waals surface area contributed by atoms with Crippen molar-refractivity contribution in [2.75, 3.05) is 0 Å². The third kappa shape index (κ3) is 5.13. The van der Waals surface area contributed by atoms with Crippen LogP contribution in [0, 0.1) is 0 Å². The SMILES string of the molecule is C1=C(c2ccccc2)CC=C(c2ccc3c(ccc4ccccc43)c2)N=C1c1ccc(-c2cccc3sc4ccc5ccccc5c4c23)c2oc3ccccc3c12. The highest BCUT2D eigenvalue weighted by molar-refractivity contribution is 7.26. The average molecular weight is 744 g/mol. The van der Waals surface area contributed by atoms with Crippen molar-refractivity contribution >= 4 is 103 Å². The van der Waals surface area contributed by atoms with Crippen LogP contribution < -0.4 is 0 Å². The number of hydrogen-bond acceptors (Lipinski definition) is 3. The van der Waals surface area contributed by atoms with Crippen molar-refractivity contribution in [2.24, 2.45) is 4.99 Å². The molecule has 0 atom stereocenters. The van der Waals surface area contributed by atoms with Gasteiger partial charge in [-0.25, -0.2) is 4.99 Å². The maximum absolute atomic E-state index is 6.95. The van der Waals surface area contributed by atoms with Crippen molar-refractivity contribution in [2.45, 2.75) is 6.42 Å². The Morgan fingerprint density at radius 3 is 2.05 bits per heavy atom. The number of para-hydroxylation sites is 1. The van der Waals surface area contributed by atoms with E-state index in [1.54, 1.807) is 0 Å². The molecule has 1 aliphatic rings. The topological polar surface area (TPSA) is 25.5 Å². The monoisotopic (exact) mass is 743 g/mol. The summed E-state index contributed by atoms with van der Waals surface area (Å²) in [5.41, 5.74) is 10.5. The number of fused-ring (bicyclic) bond motifs is 11. The standard InChI is InChI=1S/C54H33NOS/c1-2-11-33(12-3-1)36-24-29-46(38-23-26-40-37(31-38)22-21-34-13-4-6-15-39(34)40)55-47(32-36)44-28-27-43(54-51(44)45-17-8-9-19-48(45)56-54)42-18-10-20-49-53(42)52-41-16-7-5-14-35(41)25-30-50(52)57-49/h1-23,25-32H,24H2. The molecular weight excluding hydrogens is 711 g/mol. The van der Waals surface area contributed by atoms with Gasteiger partial charge in [-0.2, -0.15) is 0 Å². The quantitative estimate of drug-likeness (QED) is 0.165. The predicted molar refractivity (Wildman–Crippen MR) is 245 cm³/mol. The molecule has 0 unspecified atom stereocenters. The minimum atomic E-state index is 0.761. The molecular formula is C54H33NOS. The van der Waals surface area contributed by atoms with Crippen LogP contribution in [-0.4, -0.2) is 5.71 Å². The number of allylic oxidation sites excluding steroid dienone is 3. The van der Waals surface area contributed by atoms with E-state index in [9.17, 15) is 0 Å². The molecule has 57 heavy (non-hydrogen) atoms. The van der Waals surface area contributed by atoms with Gasteiger partial charge < -0.3 is 4.42 Å². The minimum Gasteiger partial charge on any atom is -0.455 e. The van der Waals surface area contributed by atoms with E-state index in [4.69, 9.17) is 9.41 Å². The third-order valence-corrected chi connectivity index (χ3v) is 12.9. The summed E-state index contributed by atoms with van der Waals surface area (Å²) < 4.78 is 9.51. The lowest BCUT2D eigenvalue weighted by molar-refractivity contribution is 0.670. The molecule has 0 N–H and O–H groups in total. The molecule has 3 heterocycles. The van der Waals surface area contributed by atoms with Crippen molar-refractivity contribution < 1.29 is 4.42 Å². The van der Waals surface area contributed by atoms with Gasteiger partial charge in [-0.3, -0.25) is 0 Å². The summed E-state index contributed by atoms with van der Waals surface area (Å²) in [6.07, 6.45) is 5.35. The summed E-state index contributed by atoms with van der Waals surface area (Å²) in [5, 5.41) is 12.2. The van der Waals surface area contributed by atoms with Gasteiger partial charge in [-0.05, 0) is 91.8 Å². The molecule has 0 saturated heterocycles. The Balaban J connectivity index is 1.10. The van der Waals surface area contributed by atoms with Gasteiger partial charge in [0.2, 0.25) is 0 Å². The number of rotatable bonds is 4. The smallest absolute Gasteiger partial charge is 0.143 e. The second kappa shape index (κ2) is 12.7. The van der Waals surface area contributed by atoms with Gasteiger partial charge in [0.05, 0.1) is 11.4 Å². The Morgan fingerprint density at radius 2 is 1.16 bits per heavy atom. The van der Waals surface area contributed by atoms with Gasteiger partial charge in [0.1, 0.15) is 11.2 Å². The summed E-state index contributed by atoms with van der Waals surface area (Å²) in [7, 11) is 0. The van der Waals surface area contributed by atoms with Crippen LogP contribution in [0.4, 0.5) is 0 Å². The van der Waals surface area contributed by atoms with Crippen LogP contribution >= 0.6 is 11.3 Å². The van der Waals surface area contributed by atoms with Crippen molar-refractivity contribution in [1.82, 2.24) is 0 Å². The van der Waals surface area contributed by atoms with Crippen LogP contribution in [0.3, 0.4) is 0 Å². The first kappa shape index (κ1) is 32.2. The van der Waals surface area contributed by atoms with Crippen LogP contribution in [0.15, 0.2) is 197 Å². The normalized spacial score (nSPS) is 13.5. The molecule has 11 aromatic rings. The first-order valence-corrected chi connectivity index (χ1v) is 20.3. The van der Waals surface area contributed by atoms with E-state index < -0.39 is 0 Å². The molecule has 3 heteroatoms. The Hall–Kier alpha value is -7.07. The van der Waals surface area contributed by atoms with Gasteiger partial charge in [0, 0.05) is 47.6 Å². The summed E-state index contributed by atoms with van der Waals surface area (Å²) in [6, 6.07) is 63.5. The average Bonchev–Trinajstić information content (AvgIpc) is 3.78. The van der Waals surface area contributed by atoms with Gasteiger partial charge in [0.25, 0.3) is 0 Å². The highest BCUT2D eigenvalue weighted by atomic mass is 32.1. The molecule has 0 radical (unpaired) electrons. The summed E-state index contributed by atoms with van der Waals surface area (Å²) in [6.45, 7) is 0. The Kier molecular flexibility index (Phi) is 7.20. The van der Waals surface area contributed by atoms with Gasteiger partial charge in [-0.1, -0.05) is 152 Å². The molecule has 0 amide bonds. The minimum absolute atomic E-state index is 0.761. The van der Waals surface area contributed by atoms with Crippen molar-refractivity contribution in [3.05, 3.63) is 205 Å². The summed E-state index contributed by atoms with van der Waals surface area (Å²) in [4.78, 5) is 5.58. The molecule has 1 aliphatic heterocycles. The highest BCUT2D eigenvalue weighted by Crippen LogP contribution is 2.46. The zero-order chi connectivity index (χ0) is 37.5. The van der Waals surface area contributed by atoms with E-state index in [0.29, 0.717) is 0 Å². The third-order valence-electron chi connectivity index (χ3n) is 11.7. The van der Waals surface area contributed by atoms with Crippen molar-refractivity contribution in [3.8, 4) is 11.1 Å². The Morgan fingerprint density at radius 1 is 0.456 bits per heavy atom. The van der Waals surface area contributed by atoms with Crippen LogP contribution in [0.25, 0.3) is 96.8 Å². The summed E-state index contributed by atoms with van der Waals surface area (Å²) >= 11 is 1.86. The molecule has 0 aliphatic carbocycles. The number of benzene rings is 9. The number of thiophene rings is 1. The van der Waals surface area contributed by atoms with Crippen LogP contribution in [0.5, 0.6) is 0 Å². The first-order chi connectivity index (χ1) is 28.2. The van der Waals surface area contributed by atoms with Crippen LogP contribution in [0.1, 0.15) is 23.1 Å². The number of aliphatic imine (C=N–C) groups is 1. The maximum atomic E-state index is 6.95. The molecule has 0 spiro atoms. The van der Waals surface area contributed by atoms with E-state index in [0.717, 1.165) is 56.5 Å². The largest absolute Gasteiger partial charge is 0.455 e. The van der Waals surface area contributed by atoms with Crippen molar-refractivity contribution in [3.63, 3.8) is 0 Å². The molecule has 12 rings (SSSR count). The van der Waals surface area contributed by atoms with Gasteiger partial charge in [-0.15, -0.1) is 11.3 Å². The van der Waals surface area contributed by atoms with Gasteiger partial charge in [0.15, 0.2) is 0 Å². The molecule has 9 aromatic carbocycles. The fraction of sp³-hybridized carbons (Fsp3) is 0.0185. The first-order valence-electron chi connectivity index (χ1n) is 19.5. The van der Waals surface area contributed by atoms with E-state index in [-0.39, 0.29) is 0 Å². The van der Waals surface area contributed by atoms with Crippen LogP contribution in [-0.2, 0) is 0 Å². The zero-order valence-electron chi connectivity index (χ0n) is 30.9. The van der Waals surface area contributed by atoms with E-state index >= 15 is 0 Å². The van der Waals surface area contributed by atoms with E-state index in [1.807, 2.05) is 11.3 Å². The maximum Gasteiger partial charge on any atom is 0.143 e. The highest BCUT2D eigenvalue weighted by Gasteiger charge is 2.23. The second-order valence-electron chi connectivity index (χ2n) is 15.0. The molecule has 266 valence electrons. The Labute approximate surface area is 333 Å². The number of furan rings is 1. The van der Waals surface area contributed by atoms with Gasteiger partial charge >= 0.3 is 0 Å². The predicted octanol–water partition coefficient (Wildman–Crippen LogP) is 15.4. The number of nitrogens with zero attached hydrogens (tertiary/aromatic N) is 1.